The van der Waals surface area contributed by atoms with Gasteiger partial charge in [-0.1, -0.05) is 76.0 Å². The molecular formula is C28H41N3O3. The maximum absolute atomic E-state index is 12.5. The van der Waals surface area contributed by atoms with Crippen molar-refractivity contribution in [3.05, 3.63) is 36.0 Å². The zero-order valence-corrected chi connectivity index (χ0v) is 20.4. The number of rotatable bonds is 5. The van der Waals surface area contributed by atoms with E-state index in [1.54, 1.807) is 0 Å². The smallest absolute Gasteiger partial charge is 0.289 e. The average Bonchev–Trinajstić information content (AvgIpc) is 3.20. The number of carbonyl (C=O) groups is 2. The van der Waals surface area contributed by atoms with E-state index in [4.69, 9.17) is 16.2 Å². The number of benzene rings is 1. The van der Waals surface area contributed by atoms with Gasteiger partial charge in [0, 0.05) is 35.8 Å². The summed E-state index contributed by atoms with van der Waals surface area (Å²) in [6.45, 7) is 1.30. The Balaban J connectivity index is 1.57. The summed E-state index contributed by atoms with van der Waals surface area (Å²) in [7, 11) is 0. The molecule has 1 aromatic carbocycles. The number of fused-ring (bicyclic) bond motifs is 1. The number of para-hydroxylation sites is 1. The number of amides is 1. The molecule has 1 saturated carbocycles. The number of hydrogen-bond donors (Lipinski definition) is 2. The first kappa shape index (κ1) is 24.9. The molecule has 2 aliphatic rings. The molecule has 6 nitrogen and oxygen atoms in total. The van der Waals surface area contributed by atoms with Gasteiger partial charge in [0.25, 0.3) is 11.7 Å². The van der Waals surface area contributed by atoms with Gasteiger partial charge >= 0.3 is 0 Å². The third kappa shape index (κ3) is 6.28. The number of nitrogens with zero attached hydrogens (tertiary/aromatic N) is 1. The first-order chi connectivity index (χ1) is 16.5. The molecule has 1 aliphatic carbocycles. The van der Waals surface area contributed by atoms with Crippen LogP contribution in [0.2, 0.25) is 0 Å². The number of Topliss-reactive ketones (excluding diaryl/α,β-unsaturated/α-hetero) is 1. The molecule has 0 radical (unpaired) electrons. The van der Waals surface area contributed by atoms with Gasteiger partial charge in [0.15, 0.2) is 0 Å². The van der Waals surface area contributed by atoms with E-state index in [9.17, 15) is 9.59 Å². The first-order valence-electron chi connectivity index (χ1n) is 13.3. The Kier molecular flexibility index (Phi) is 8.79. The second-order valence-electron chi connectivity index (χ2n) is 10.6. The molecule has 1 saturated heterocycles. The summed E-state index contributed by atoms with van der Waals surface area (Å²) in [6.07, 6.45) is 17.0. The van der Waals surface area contributed by atoms with Gasteiger partial charge < -0.3 is 20.8 Å². The Hall–Kier alpha value is -2.18. The van der Waals surface area contributed by atoms with E-state index >= 15 is 0 Å². The van der Waals surface area contributed by atoms with Crippen LogP contribution in [-0.2, 0) is 9.53 Å². The quantitative estimate of drug-likeness (QED) is 0.470. The van der Waals surface area contributed by atoms with Crippen molar-refractivity contribution in [2.24, 2.45) is 23.3 Å². The van der Waals surface area contributed by atoms with E-state index in [0.29, 0.717) is 18.1 Å². The van der Waals surface area contributed by atoms with Gasteiger partial charge in [-0.3, -0.25) is 9.59 Å². The fourth-order valence-electron chi connectivity index (χ4n) is 6.17. The van der Waals surface area contributed by atoms with Crippen LogP contribution < -0.4 is 11.5 Å². The summed E-state index contributed by atoms with van der Waals surface area (Å²) >= 11 is 0. The standard InChI is InChI=1S/C28H41N3O3/c29-22-16-23(31-17-25(27(32)28(30)33)24-12-8-9-13-26(24)31)15-21(18-34-19-22)14-20-10-6-4-2-1-3-5-7-11-20/h8-9,12-13,17,20-23H,1-7,10-11,14-16,18-19,29H2,(H2,30,33). The van der Waals surface area contributed by atoms with E-state index in [1.165, 1.54) is 64.2 Å². The zero-order valence-electron chi connectivity index (χ0n) is 20.4. The molecule has 2 aromatic rings. The lowest BCUT2D eigenvalue weighted by molar-refractivity contribution is -0.114. The van der Waals surface area contributed by atoms with Crippen LogP contribution in [0, 0.1) is 11.8 Å². The predicted octanol–water partition coefficient (Wildman–Crippen LogP) is 5.14. The van der Waals surface area contributed by atoms with E-state index in [0.717, 1.165) is 36.3 Å². The monoisotopic (exact) mass is 467 g/mol. The number of carbonyl (C=O) groups excluding carboxylic acids is 2. The number of nitrogens with two attached hydrogens (primary N) is 2. The van der Waals surface area contributed by atoms with Crippen LogP contribution in [0.15, 0.2) is 30.5 Å². The highest BCUT2D eigenvalue weighted by molar-refractivity contribution is 6.44. The minimum Gasteiger partial charge on any atom is -0.380 e. The second kappa shape index (κ2) is 12.0. The van der Waals surface area contributed by atoms with E-state index in [1.807, 2.05) is 30.5 Å². The Morgan fingerprint density at radius 2 is 1.59 bits per heavy atom. The first-order valence-corrected chi connectivity index (χ1v) is 13.3. The van der Waals surface area contributed by atoms with Gasteiger partial charge in [0.1, 0.15) is 0 Å². The van der Waals surface area contributed by atoms with Gasteiger partial charge in [-0.25, -0.2) is 0 Å². The van der Waals surface area contributed by atoms with Gasteiger partial charge in [-0.2, -0.15) is 0 Å². The van der Waals surface area contributed by atoms with Crippen LogP contribution in [0.5, 0.6) is 0 Å². The van der Waals surface area contributed by atoms with Crippen molar-refractivity contribution in [3.8, 4) is 0 Å². The fraction of sp³-hybridized carbons (Fsp3) is 0.643. The fourth-order valence-corrected chi connectivity index (χ4v) is 6.17. The molecular weight excluding hydrogens is 426 g/mol. The molecule has 4 rings (SSSR count). The summed E-state index contributed by atoms with van der Waals surface area (Å²) < 4.78 is 8.22. The molecule has 3 atom stereocenters. The molecule has 1 amide bonds. The van der Waals surface area contributed by atoms with Crippen LogP contribution >= 0.6 is 0 Å². The van der Waals surface area contributed by atoms with Crippen molar-refractivity contribution in [1.29, 1.82) is 0 Å². The molecule has 6 heteroatoms. The SMILES string of the molecule is NC(=O)C(=O)c1cn(C2CC(N)COCC(CC3CCCCCCCCC3)C2)c2ccccc12. The minimum atomic E-state index is -0.917. The normalized spacial score (nSPS) is 26.0. The molecule has 0 bridgehead atoms. The number of aromatic nitrogens is 1. The Bertz CT molecular complexity index is 959. The molecule has 4 N–H and O–H groups in total. The maximum atomic E-state index is 12.5. The molecule has 34 heavy (non-hydrogen) atoms. The Morgan fingerprint density at radius 3 is 2.29 bits per heavy atom. The molecule has 2 fully saturated rings. The second-order valence-corrected chi connectivity index (χ2v) is 10.6. The lowest BCUT2D eigenvalue weighted by atomic mass is 9.82. The highest BCUT2D eigenvalue weighted by Crippen LogP contribution is 2.36. The number of ether oxygens (including phenoxy) is 1. The summed E-state index contributed by atoms with van der Waals surface area (Å²) in [5.74, 6) is -0.332. The van der Waals surface area contributed by atoms with Crippen molar-refractivity contribution in [3.63, 3.8) is 0 Å². The molecule has 2 heterocycles. The van der Waals surface area contributed by atoms with E-state index < -0.39 is 11.7 Å². The summed E-state index contributed by atoms with van der Waals surface area (Å²) in [6, 6.07) is 7.87. The van der Waals surface area contributed by atoms with Crippen molar-refractivity contribution in [1.82, 2.24) is 4.57 Å². The van der Waals surface area contributed by atoms with Gasteiger partial charge in [-0.05, 0) is 37.2 Å². The van der Waals surface area contributed by atoms with Crippen LogP contribution in [0.1, 0.15) is 93.4 Å². The van der Waals surface area contributed by atoms with Crippen LogP contribution in [-0.4, -0.2) is 35.5 Å². The van der Waals surface area contributed by atoms with Crippen LogP contribution in [0.3, 0.4) is 0 Å². The lowest BCUT2D eigenvalue weighted by Crippen LogP contribution is -2.35. The third-order valence-corrected chi connectivity index (χ3v) is 7.86. The highest BCUT2D eigenvalue weighted by atomic mass is 16.5. The van der Waals surface area contributed by atoms with Gasteiger partial charge in [0.2, 0.25) is 0 Å². The summed E-state index contributed by atoms with van der Waals surface area (Å²) in [5.41, 5.74) is 13.1. The number of ketones is 1. The molecule has 1 aromatic heterocycles. The number of primary amides is 1. The predicted molar refractivity (Wildman–Crippen MR) is 136 cm³/mol. The number of hydrogen-bond acceptors (Lipinski definition) is 4. The molecule has 0 spiro atoms. The minimum absolute atomic E-state index is 0.0592. The van der Waals surface area contributed by atoms with Crippen LogP contribution in [0.25, 0.3) is 10.9 Å². The summed E-state index contributed by atoms with van der Waals surface area (Å²) in [4.78, 5) is 24.2. The molecule has 3 unspecified atom stereocenters. The van der Waals surface area contributed by atoms with Gasteiger partial charge in [-0.15, -0.1) is 0 Å². The van der Waals surface area contributed by atoms with Crippen molar-refractivity contribution >= 4 is 22.6 Å². The van der Waals surface area contributed by atoms with Crippen molar-refractivity contribution < 1.29 is 14.3 Å². The molecule has 186 valence electrons. The largest absolute Gasteiger partial charge is 0.380 e. The third-order valence-electron chi connectivity index (χ3n) is 7.86. The lowest BCUT2D eigenvalue weighted by Gasteiger charge is -2.33. The Labute approximate surface area is 203 Å². The van der Waals surface area contributed by atoms with E-state index in [2.05, 4.69) is 4.57 Å². The van der Waals surface area contributed by atoms with E-state index in [-0.39, 0.29) is 12.1 Å². The molecule has 1 aliphatic heterocycles. The highest BCUT2D eigenvalue weighted by Gasteiger charge is 2.29. The van der Waals surface area contributed by atoms with Crippen molar-refractivity contribution in [2.45, 2.75) is 89.1 Å². The zero-order chi connectivity index (χ0) is 23.9. The van der Waals surface area contributed by atoms with Crippen molar-refractivity contribution in [2.75, 3.05) is 13.2 Å². The topological polar surface area (TPSA) is 100 Å². The van der Waals surface area contributed by atoms with Crippen LogP contribution in [0.4, 0.5) is 0 Å². The maximum Gasteiger partial charge on any atom is 0.289 e. The average molecular weight is 468 g/mol. The Morgan fingerprint density at radius 1 is 0.912 bits per heavy atom. The summed E-state index contributed by atoms with van der Waals surface area (Å²) in [5, 5.41) is 0.780. The van der Waals surface area contributed by atoms with Gasteiger partial charge in [0.05, 0.1) is 12.2 Å².